The molecule has 0 amide bonds. The topological polar surface area (TPSA) is 51.1 Å². The molecule has 1 aliphatic heterocycles. The summed E-state index contributed by atoms with van der Waals surface area (Å²) in [6, 6.07) is 16.1. The molecule has 5 rings (SSSR count). The van der Waals surface area contributed by atoms with Gasteiger partial charge in [-0.2, -0.15) is 13.2 Å². The molecule has 168 valence electrons. The van der Waals surface area contributed by atoms with Gasteiger partial charge in [0.15, 0.2) is 11.5 Å². The standard InChI is InChI=1S/C24H18ClF3N4O/c25-18-6-4-15(5-7-18)20-9-8-19-22(29-20)30-21(31-23(19)32-10-12-33-13-11-32)16-2-1-3-17(14-16)24(26,27)28/h1-9,14H,10-13H2. The number of anilines is 1. The third-order valence-corrected chi connectivity index (χ3v) is 5.69. The van der Waals surface area contributed by atoms with Crippen LogP contribution in [0.15, 0.2) is 60.7 Å². The van der Waals surface area contributed by atoms with Gasteiger partial charge in [0.25, 0.3) is 0 Å². The molecule has 0 aliphatic carbocycles. The smallest absolute Gasteiger partial charge is 0.378 e. The monoisotopic (exact) mass is 470 g/mol. The lowest BCUT2D eigenvalue weighted by Crippen LogP contribution is -2.37. The zero-order chi connectivity index (χ0) is 23.0. The molecule has 2 aromatic carbocycles. The van der Waals surface area contributed by atoms with Gasteiger partial charge < -0.3 is 9.64 Å². The van der Waals surface area contributed by atoms with Gasteiger partial charge in [0, 0.05) is 29.2 Å². The maximum absolute atomic E-state index is 13.3. The molecule has 0 N–H and O–H groups in total. The third kappa shape index (κ3) is 4.49. The summed E-state index contributed by atoms with van der Waals surface area (Å²) in [5.74, 6) is 0.821. The minimum atomic E-state index is -4.46. The average Bonchev–Trinajstić information content (AvgIpc) is 2.83. The van der Waals surface area contributed by atoms with E-state index in [0.29, 0.717) is 48.5 Å². The molecule has 9 heteroatoms. The normalized spacial score (nSPS) is 14.6. The SMILES string of the molecule is FC(F)(F)c1cccc(-c2nc(N3CCOCC3)c3ccc(-c4ccc(Cl)cc4)nc3n2)c1. The van der Waals surface area contributed by atoms with Crippen LogP contribution >= 0.6 is 11.6 Å². The molecule has 4 aromatic rings. The highest BCUT2D eigenvalue weighted by Gasteiger charge is 2.31. The number of morpholine rings is 1. The van der Waals surface area contributed by atoms with Crippen molar-refractivity contribution < 1.29 is 17.9 Å². The molecule has 3 heterocycles. The maximum atomic E-state index is 13.3. The summed E-state index contributed by atoms with van der Waals surface area (Å²) >= 11 is 6.00. The van der Waals surface area contributed by atoms with E-state index in [1.54, 1.807) is 18.2 Å². The first-order valence-electron chi connectivity index (χ1n) is 10.3. The van der Waals surface area contributed by atoms with Gasteiger partial charge in [-0.05, 0) is 36.4 Å². The Morgan fingerprint density at radius 3 is 2.33 bits per heavy atom. The predicted octanol–water partition coefficient (Wildman–Crippen LogP) is 5.87. The molecule has 33 heavy (non-hydrogen) atoms. The highest BCUT2D eigenvalue weighted by Crippen LogP contribution is 2.33. The van der Waals surface area contributed by atoms with Crippen LogP contribution in [0.4, 0.5) is 19.0 Å². The van der Waals surface area contributed by atoms with Crippen LogP contribution in [0.25, 0.3) is 33.7 Å². The van der Waals surface area contributed by atoms with Crippen LogP contribution < -0.4 is 4.90 Å². The molecular formula is C24H18ClF3N4O. The molecule has 0 unspecified atom stereocenters. The fourth-order valence-electron chi connectivity index (χ4n) is 3.76. The van der Waals surface area contributed by atoms with Crippen LogP contribution in [0.2, 0.25) is 5.02 Å². The van der Waals surface area contributed by atoms with E-state index in [1.807, 2.05) is 29.2 Å². The number of hydrogen-bond acceptors (Lipinski definition) is 5. The Labute approximate surface area is 192 Å². The molecule has 2 aromatic heterocycles. The van der Waals surface area contributed by atoms with Gasteiger partial charge in [-0.3, -0.25) is 0 Å². The number of hydrogen-bond donors (Lipinski definition) is 0. The van der Waals surface area contributed by atoms with E-state index in [1.165, 1.54) is 6.07 Å². The van der Waals surface area contributed by atoms with Crippen LogP contribution in [-0.4, -0.2) is 41.3 Å². The second-order valence-electron chi connectivity index (χ2n) is 7.62. The fraction of sp³-hybridized carbons (Fsp3) is 0.208. The van der Waals surface area contributed by atoms with E-state index >= 15 is 0 Å². The summed E-state index contributed by atoms with van der Waals surface area (Å²) in [6.45, 7) is 2.32. The van der Waals surface area contributed by atoms with Crippen molar-refractivity contribution in [1.82, 2.24) is 15.0 Å². The van der Waals surface area contributed by atoms with Crippen LogP contribution in [0.5, 0.6) is 0 Å². The Morgan fingerprint density at radius 1 is 0.848 bits per heavy atom. The minimum Gasteiger partial charge on any atom is -0.378 e. The highest BCUT2D eigenvalue weighted by atomic mass is 35.5. The summed E-state index contributed by atoms with van der Waals surface area (Å²) in [5, 5.41) is 1.34. The van der Waals surface area contributed by atoms with Crippen molar-refractivity contribution >= 4 is 28.5 Å². The second-order valence-corrected chi connectivity index (χ2v) is 8.06. The van der Waals surface area contributed by atoms with Crippen LogP contribution in [0.1, 0.15) is 5.56 Å². The van der Waals surface area contributed by atoms with E-state index in [4.69, 9.17) is 21.3 Å². The second kappa shape index (κ2) is 8.61. The van der Waals surface area contributed by atoms with Crippen molar-refractivity contribution in [2.45, 2.75) is 6.18 Å². The number of rotatable bonds is 3. The summed E-state index contributed by atoms with van der Waals surface area (Å²) in [7, 11) is 0. The van der Waals surface area contributed by atoms with Gasteiger partial charge in [-0.15, -0.1) is 0 Å². The van der Waals surface area contributed by atoms with E-state index < -0.39 is 11.7 Å². The molecule has 0 radical (unpaired) electrons. The first kappa shape index (κ1) is 21.6. The Kier molecular flexibility index (Phi) is 5.64. The quantitative estimate of drug-likeness (QED) is 0.375. The molecule has 0 atom stereocenters. The Balaban J connectivity index is 1.68. The predicted molar refractivity (Wildman–Crippen MR) is 121 cm³/mol. The van der Waals surface area contributed by atoms with Crippen LogP contribution in [0, 0.1) is 0 Å². The molecule has 5 nitrogen and oxygen atoms in total. The number of aromatic nitrogens is 3. The van der Waals surface area contributed by atoms with Gasteiger partial charge >= 0.3 is 6.18 Å². The Hall–Kier alpha value is -3.23. The number of pyridine rings is 1. The summed E-state index contributed by atoms with van der Waals surface area (Å²) < 4.78 is 45.3. The number of alkyl halides is 3. The van der Waals surface area contributed by atoms with Crippen molar-refractivity contribution in [3.05, 3.63) is 71.2 Å². The van der Waals surface area contributed by atoms with Crippen LogP contribution in [-0.2, 0) is 10.9 Å². The molecule has 0 saturated carbocycles. The van der Waals surface area contributed by atoms with E-state index in [9.17, 15) is 13.2 Å². The largest absolute Gasteiger partial charge is 0.416 e. The molecule has 1 fully saturated rings. The Bertz CT molecular complexity index is 1310. The number of nitrogens with zero attached hydrogens (tertiary/aromatic N) is 4. The van der Waals surface area contributed by atoms with Gasteiger partial charge in [-0.25, -0.2) is 15.0 Å². The van der Waals surface area contributed by atoms with Crippen LogP contribution in [0.3, 0.4) is 0 Å². The summed E-state index contributed by atoms with van der Waals surface area (Å²) in [6.07, 6.45) is -4.46. The van der Waals surface area contributed by atoms with Crippen molar-refractivity contribution in [2.24, 2.45) is 0 Å². The lowest BCUT2D eigenvalue weighted by molar-refractivity contribution is -0.137. The first-order valence-corrected chi connectivity index (χ1v) is 10.7. The highest BCUT2D eigenvalue weighted by molar-refractivity contribution is 6.30. The number of ether oxygens (including phenoxy) is 1. The minimum absolute atomic E-state index is 0.191. The first-order chi connectivity index (χ1) is 15.9. The number of fused-ring (bicyclic) bond motifs is 1. The van der Waals surface area contributed by atoms with Crippen molar-refractivity contribution in [2.75, 3.05) is 31.2 Å². The van der Waals surface area contributed by atoms with E-state index in [2.05, 4.69) is 9.97 Å². The molecule has 1 aliphatic rings. The third-order valence-electron chi connectivity index (χ3n) is 5.44. The van der Waals surface area contributed by atoms with Crippen molar-refractivity contribution in [1.29, 1.82) is 0 Å². The number of benzene rings is 2. The van der Waals surface area contributed by atoms with Crippen molar-refractivity contribution in [3.63, 3.8) is 0 Å². The summed E-state index contributed by atoms with van der Waals surface area (Å²) in [5.41, 5.74) is 1.47. The molecule has 0 spiro atoms. The lowest BCUT2D eigenvalue weighted by Gasteiger charge is -2.29. The fourth-order valence-corrected chi connectivity index (χ4v) is 3.88. The van der Waals surface area contributed by atoms with Gasteiger partial charge in [-0.1, -0.05) is 35.9 Å². The average molecular weight is 471 g/mol. The molecule has 0 bridgehead atoms. The molecular weight excluding hydrogens is 453 g/mol. The summed E-state index contributed by atoms with van der Waals surface area (Å²) in [4.78, 5) is 16.0. The van der Waals surface area contributed by atoms with E-state index in [-0.39, 0.29) is 11.4 Å². The van der Waals surface area contributed by atoms with Gasteiger partial charge in [0.2, 0.25) is 0 Å². The van der Waals surface area contributed by atoms with Gasteiger partial charge in [0.05, 0.1) is 29.9 Å². The molecule has 1 saturated heterocycles. The zero-order valence-corrected chi connectivity index (χ0v) is 18.1. The number of halogens is 4. The zero-order valence-electron chi connectivity index (χ0n) is 17.3. The lowest BCUT2D eigenvalue weighted by atomic mass is 10.1. The Morgan fingerprint density at radius 2 is 1.61 bits per heavy atom. The maximum Gasteiger partial charge on any atom is 0.416 e. The van der Waals surface area contributed by atoms with Gasteiger partial charge in [0.1, 0.15) is 5.82 Å². The van der Waals surface area contributed by atoms with Crippen molar-refractivity contribution in [3.8, 4) is 22.6 Å². The van der Waals surface area contributed by atoms with E-state index in [0.717, 1.165) is 23.1 Å².